The summed E-state index contributed by atoms with van der Waals surface area (Å²) in [6.45, 7) is 9.42. The lowest BCUT2D eigenvalue weighted by atomic mass is 9.72. The van der Waals surface area contributed by atoms with Gasteiger partial charge in [-0.25, -0.2) is 14.8 Å². The highest BCUT2D eigenvalue weighted by molar-refractivity contribution is 6.30. The van der Waals surface area contributed by atoms with Crippen LogP contribution in [-0.4, -0.2) is 75.9 Å². The van der Waals surface area contributed by atoms with Gasteiger partial charge in [-0.1, -0.05) is 55.3 Å². The molecule has 2 atom stereocenters. The number of halogens is 1. The highest BCUT2D eigenvalue weighted by Crippen LogP contribution is 2.44. The number of hydrazine groups is 1. The molecule has 0 saturated carbocycles. The Kier molecular flexibility index (Phi) is 7.35. The summed E-state index contributed by atoms with van der Waals surface area (Å²) in [7, 11) is 0. The van der Waals surface area contributed by atoms with Gasteiger partial charge in [-0.3, -0.25) is 24.7 Å². The zero-order chi connectivity index (χ0) is 29.9. The van der Waals surface area contributed by atoms with E-state index in [0.717, 1.165) is 49.6 Å². The number of nitrogens with one attached hydrogen (secondary N) is 1. The van der Waals surface area contributed by atoms with Gasteiger partial charge in [0.15, 0.2) is 0 Å². The molecular weight excluding hydrogens is 562 g/mol. The number of hydrogen-bond donors (Lipinski definition) is 1. The van der Waals surface area contributed by atoms with Crippen LogP contribution < -0.4 is 5.32 Å². The smallest absolute Gasteiger partial charge is 0.296 e. The van der Waals surface area contributed by atoms with E-state index >= 15 is 0 Å². The van der Waals surface area contributed by atoms with Gasteiger partial charge >= 0.3 is 6.03 Å². The van der Waals surface area contributed by atoms with Gasteiger partial charge in [0.25, 0.3) is 5.91 Å². The van der Waals surface area contributed by atoms with Crippen LogP contribution in [0.2, 0.25) is 5.02 Å². The number of hydrogen-bond acceptors (Lipinski definition) is 5. The van der Waals surface area contributed by atoms with Crippen LogP contribution in [-0.2, 0) is 17.9 Å². The Labute approximate surface area is 258 Å². The minimum absolute atomic E-state index is 0.182. The molecule has 2 unspecified atom stereocenters. The Morgan fingerprint density at radius 1 is 0.930 bits per heavy atom. The third-order valence-electron chi connectivity index (χ3n) is 10.1. The number of imide groups is 1. The number of piperazine rings is 1. The van der Waals surface area contributed by atoms with Gasteiger partial charge in [0, 0.05) is 55.3 Å². The normalized spacial score (nSPS) is 25.9. The zero-order valence-electron chi connectivity index (χ0n) is 25.1. The molecule has 2 bridgehead atoms. The summed E-state index contributed by atoms with van der Waals surface area (Å²) in [5, 5.41) is 5.94. The van der Waals surface area contributed by atoms with E-state index < -0.39 is 6.03 Å². The van der Waals surface area contributed by atoms with Gasteiger partial charge in [0.1, 0.15) is 0 Å². The quantitative estimate of drug-likeness (QED) is 0.476. The summed E-state index contributed by atoms with van der Waals surface area (Å²) in [6.07, 6.45) is 6.12. The number of allylic oxidation sites excluding steroid dienone is 1. The molecule has 8 nitrogen and oxygen atoms in total. The van der Waals surface area contributed by atoms with Crippen molar-refractivity contribution < 1.29 is 14.4 Å². The molecule has 3 fully saturated rings. The molecule has 3 saturated heterocycles. The fourth-order valence-electron chi connectivity index (χ4n) is 7.85. The molecule has 43 heavy (non-hydrogen) atoms. The van der Waals surface area contributed by atoms with Crippen LogP contribution >= 0.6 is 11.6 Å². The fraction of sp³-hybridized carbons (Fsp3) is 0.500. The topological polar surface area (TPSA) is 76.2 Å². The minimum atomic E-state index is -0.528. The summed E-state index contributed by atoms with van der Waals surface area (Å²) in [6, 6.07) is 15.0. The summed E-state index contributed by atoms with van der Waals surface area (Å²) < 4.78 is 0. The minimum Gasteiger partial charge on any atom is -0.296 e. The van der Waals surface area contributed by atoms with Crippen LogP contribution in [0.15, 0.2) is 48.0 Å². The number of amides is 4. The fourth-order valence-corrected chi connectivity index (χ4v) is 7.97. The predicted molar refractivity (Wildman–Crippen MR) is 166 cm³/mol. The van der Waals surface area contributed by atoms with E-state index in [0.29, 0.717) is 29.6 Å². The van der Waals surface area contributed by atoms with Crippen molar-refractivity contribution in [1.82, 2.24) is 25.1 Å². The maximum atomic E-state index is 13.1. The van der Waals surface area contributed by atoms with Crippen molar-refractivity contribution in [3.63, 3.8) is 0 Å². The first-order chi connectivity index (χ1) is 20.6. The van der Waals surface area contributed by atoms with Crippen LogP contribution in [0.3, 0.4) is 0 Å². The first-order valence-electron chi connectivity index (χ1n) is 15.6. The first-order valence-corrected chi connectivity index (χ1v) is 16.0. The Bertz CT molecular complexity index is 1490. The van der Waals surface area contributed by atoms with E-state index in [1.54, 1.807) is 5.57 Å². The van der Waals surface area contributed by atoms with Crippen LogP contribution in [0.25, 0.3) is 5.57 Å². The summed E-state index contributed by atoms with van der Waals surface area (Å²) in [4.78, 5) is 42.4. The Hall–Kier alpha value is -3.20. The molecule has 226 valence electrons. The number of fused-ring (bicyclic) bond motifs is 3. The molecule has 0 radical (unpaired) electrons. The van der Waals surface area contributed by atoms with Crippen molar-refractivity contribution in [2.75, 3.05) is 26.2 Å². The van der Waals surface area contributed by atoms with E-state index in [-0.39, 0.29) is 24.8 Å². The lowest BCUT2D eigenvalue weighted by Crippen LogP contribution is -2.56. The number of likely N-dealkylation sites (tertiary alicyclic amines) is 1. The lowest BCUT2D eigenvalue weighted by molar-refractivity contribution is -0.123. The number of benzene rings is 2. The van der Waals surface area contributed by atoms with Gasteiger partial charge in [0.05, 0.1) is 13.1 Å². The molecule has 2 aromatic carbocycles. The molecule has 5 aliphatic rings. The van der Waals surface area contributed by atoms with Crippen molar-refractivity contribution >= 4 is 35.0 Å². The number of urea groups is 1. The second-order valence-electron chi connectivity index (χ2n) is 13.8. The highest BCUT2D eigenvalue weighted by Gasteiger charge is 2.41. The predicted octanol–water partition coefficient (Wildman–Crippen LogP) is 5.47. The molecule has 0 aromatic heterocycles. The van der Waals surface area contributed by atoms with Crippen LogP contribution in [0.1, 0.15) is 79.4 Å². The van der Waals surface area contributed by atoms with Crippen molar-refractivity contribution in [1.29, 1.82) is 0 Å². The average molecular weight is 602 g/mol. The molecule has 4 amide bonds. The molecule has 2 aromatic rings. The van der Waals surface area contributed by atoms with Gasteiger partial charge in [-0.15, -0.1) is 0 Å². The lowest BCUT2D eigenvalue weighted by Gasteiger charge is -2.43. The van der Waals surface area contributed by atoms with Crippen molar-refractivity contribution in [2.24, 2.45) is 5.41 Å². The van der Waals surface area contributed by atoms with Crippen LogP contribution in [0.4, 0.5) is 4.79 Å². The van der Waals surface area contributed by atoms with Gasteiger partial charge in [0.2, 0.25) is 5.91 Å². The Balaban J connectivity index is 1.03. The Morgan fingerprint density at radius 3 is 2.40 bits per heavy atom. The number of rotatable bonds is 6. The SMILES string of the molecule is CC1(C)CCC(CN2CC3CCC(C2)N3Cc2ccc3c(c2)CN(N2CCC(=O)NC2=O)C3=O)=C(c2ccc(Cl)cc2)C1. The molecule has 0 spiro atoms. The monoisotopic (exact) mass is 601 g/mol. The third kappa shape index (κ3) is 5.61. The second-order valence-corrected chi connectivity index (χ2v) is 14.2. The highest BCUT2D eigenvalue weighted by atomic mass is 35.5. The van der Waals surface area contributed by atoms with E-state index in [1.807, 2.05) is 18.2 Å². The summed E-state index contributed by atoms with van der Waals surface area (Å²) in [5.74, 6) is -0.484. The third-order valence-corrected chi connectivity index (χ3v) is 10.4. The average Bonchev–Trinajstić information content (AvgIpc) is 3.40. The van der Waals surface area contributed by atoms with Crippen molar-refractivity contribution in [2.45, 2.75) is 77.5 Å². The molecule has 4 heterocycles. The molecule has 1 N–H and O–H groups in total. The molecule has 9 heteroatoms. The second kappa shape index (κ2) is 11.1. The van der Waals surface area contributed by atoms with Crippen molar-refractivity contribution in [3.8, 4) is 0 Å². The number of carbonyl (C=O) groups excluding carboxylic acids is 3. The Morgan fingerprint density at radius 2 is 1.67 bits per heavy atom. The molecule has 1 aliphatic carbocycles. The van der Waals surface area contributed by atoms with Gasteiger partial charge < -0.3 is 0 Å². The van der Waals surface area contributed by atoms with E-state index in [4.69, 9.17) is 11.6 Å². The summed E-state index contributed by atoms with van der Waals surface area (Å²) >= 11 is 6.22. The zero-order valence-corrected chi connectivity index (χ0v) is 25.8. The van der Waals surface area contributed by atoms with Gasteiger partial charge in [-0.05, 0) is 78.0 Å². The number of nitrogens with zero attached hydrogens (tertiary/aromatic N) is 4. The molecule has 4 aliphatic heterocycles. The largest absolute Gasteiger partial charge is 0.342 e. The molecular formula is C34H40ClN5O3. The first kappa shape index (κ1) is 28.6. The van der Waals surface area contributed by atoms with E-state index in [9.17, 15) is 14.4 Å². The van der Waals surface area contributed by atoms with E-state index in [2.05, 4.69) is 53.2 Å². The van der Waals surface area contributed by atoms with Gasteiger partial charge in [-0.2, -0.15) is 0 Å². The maximum Gasteiger partial charge on any atom is 0.342 e. The standard InChI is InChI=1S/C34H40ClN5O3/c1-34(2)13-11-24(30(16-34)23-4-6-26(35)7-5-23)18-37-20-27-8-9-28(21-37)38(27)17-22-3-10-29-25(15-22)19-40(32(29)42)39-14-12-31(41)36-33(39)43/h3-7,10,15,27-28H,8-9,11-14,16-21H2,1-2H3,(H,36,41,43). The van der Waals surface area contributed by atoms with E-state index in [1.165, 1.54) is 46.0 Å². The van der Waals surface area contributed by atoms with Crippen LogP contribution in [0.5, 0.6) is 0 Å². The summed E-state index contributed by atoms with van der Waals surface area (Å²) in [5.41, 5.74) is 7.53. The van der Waals surface area contributed by atoms with Crippen LogP contribution in [0, 0.1) is 5.41 Å². The maximum absolute atomic E-state index is 13.1. The molecule has 7 rings (SSSR count). The van der Waals surface area contributed by atoms with Crippen molar-refractivity contribution in [3.05, 3.63) is 75.3 Å². The number of carbonyl (C=O) groups is 3.